The summed E-state index contributed by atoms with van der Waals surface area (Å²) < 4.78 is 45.6. The minimum Gasteiger partial charge on any atom is -0.495 e. The first-order valence-electron chi connectivity index (χ1n) is 8.27. The lowest BCUT2D eigenvalue weighted by atomic mass is 10.2. The molecule has 0 saturated heterocycles. The molecule has 6 nitrogen and oxygen atoms in total. The monoisotopic (exact) mass is 426 g/mol. The molecule has 2 aromatic rings. The number of halogens is 2. The molecule has 0 aromatic heterocycles. The average Bonchev–Trinajstić information content (AvgIpc) is 2.61. The molecule has 0 aliphatic heterocycles. The van der Waals surface area contributed by atoms with Gasteiger partial charge in [0.05, 0.1) is 17.8 Å². The number of carbonyl (C=O) groups is 1. The maximum atomic E-state index is 13.1. The van der Waals surface area contributed by atoms with Crippen LogP contribution in [-0.2, 0) is 14.8 Å². The van der Waals surface area contributed by atoms with E-state index < -0.39 is 21.7 Å². The van der Waals surface area contributed by atoms with E-state index in [4.69, 9.17) is 16.3 Å². The highest BCUT2D eigenvalue weighted by atomic mass is 35.5. The van der Waals surface area contributed by atoms with Gasteiger partial charge in [-0.1, -0.05) is 17.7 Å². The van der Waals surface area contributed by atoms with E-state index in [9.17, 15) is 17.6 Å². The molecule has 0 aliphatic rings. The van der Waals surface area contributed by atoms with Crippen LogP contribution in [0.15, 0.2) is 47.4 Å². The van der Waals surface area contributed by atoms with Gasteiger partial charge in [-0.25, -0.2) is 17.5 Å². The Hall–Kier alpha value is -2.42. The van der Waals surface area contributed by atoms with Crippen molar-refractivity contribution in [1.29, 1.82) is 0 Å². The first-order valence-corrected chi connectivity index (χ1v) is 10.1. The zero-order valence-corrected chi connectivity index (χ0v) is 17.1. The van der Waals surface area contributed by atoms with Gasteiger partial charge >= 0.3 is 0 Å². The minimum absolute atomic E-state index is 0.0344. The Balaban J connectivity index is 2.23. The molecule has 150 valence electrons. The molecule has 0 bridgehead atoms. The van der Waals surface area contributed by atoms with Crippen LogP contribution in [0.1, 0.15) is 19.4 Å². The van der Waals surface area contributed by atoms with E-state index >= 15 is 0 Å². The molecule has 9 heteroatoms. The second kappa shape index (κ2) is 9.18. The van der Waals surface area contributed by atoms with Crippen LogP contribution in [0.2, 0.25) is 5.02 Å². The van der Waals surface area contributed by atoms with Gasteiger partial charge in [-0.15, -0.1) is 0 Å². The number of anilines is 1. The summed E-state index contributed by atoms with van der Waals surface area (Å²) in [7, 11) is -2.41. The summed E-state index contributed by atoms with van der Waals surface area (Å²) in [5.41, 5.74) is 0.738. The third kappa shape index (κ3) is 5.79. The van der Waals surface area contributed by atoms with Crippen molar-refractivity contribution < 1.29 is 22.3 Å². The Labute approximate surface area is 168 Å². The normalized spacial score (nSPS) is 11.8. The molecule has 0 fully saturated rings. The topological polar surface area (TPSA) is 84.5 Å². The number of amides is 1. The van der Waals surface area contributed by atoms with E-state index in [2.05, 4.69) is 10.0 Å². The Kier molecular flexibility index (Phi) is 7.17. The quantitative estimate of drug-likeness (QED) is 0.659. The molecule has 0 heterocycles. The number of sulfonamides is 1. The second-order valence-corrected chi connectivity index (χ2v) is 8.22. The molecule has 1 amide bonds. The zero-order chi connectivity index (χ0) is 20.9. The predicted molar refractivity (Wildman–Crippen MR) is 108 cm³/mol. The van der Waals surface area contributed by atoms with Crippen molar-refractivity contribution in [3.63, 3.8) is 0 Å². The number of methoxy groups -OCH3 is 1. The number of ether oxygens (including phenoxy) is 1. The van der Waals surface area contributed by atoms with Gasteiger partial charge in [-0.2, -0.15) is 0 Å². The van der Waals surface area contributed by atoms with Crippen LogP contribution in [0.3, 0.4) is 0 Å². The number of nitrogens with one attached hydrogen (secondary N) is 2. The summed E-state index contributed by atoms with van der Waals surface area (Å²) in [6.07, 6.45) is 2.66. The number of hydrogen-bond acceptors (Lipinski definition) is 4. The van der Waals surface area contributed by atoms with Crippen molar-refractivity contribution >= 4 is 39.3 Å². The first kappa shape index (κ1) is 21.9. The minimum atomic E-state index is -3.78. The van der Waals surface area contributed by atoms with Gasteiger partial charge in [-0.3, -0.25) is 4.79 Å². The fourth-order valence-corrected chi connectivity index (χ4v) is 3.99. The van der Waals surface area contributed by atoms with E-state index in [-0.39, 0.29) is 27.4 Å². The second-order valence-electron chi connectivity index (χ2n) is 6.13. The fourth-order valence-electron chi connectivity index (χ4n) is 2.32. The summed E-state index contributed by atoms with van der Waals surface area (Å²) in [4.78, 5) is 12.0. The van der Waals surface area contributed by atoms with Gasteiger partial charge in [0.1, 0.15) is 16.5 Å². The molecule has 2 N–H and O–H groups in total. The van der Waals surface area contributed by atoms with E-state index in [1.807, 2.05) is 0 Å². The SMILES string of the molecule is COc1ccc(C=CC(=O)Nc2ccc(F)cc2Cl)cc1S(=O)(=O)NC(C)C. The van der Waals surface area contributed by atoms with Gasteiger partial charge < -0.3 is 10.1 Å². The third-order valence-electron chi connectivity index (χ3n) is 3.48. The lowest BCUT2D eigenvalue weighted by Gasteiger charge is -2.13. The van der Waals surface area contributed by atoms with Gasteiger partial charge in [0.15, 0.2) is 0 Å². The zero-order valence-electron chi connectivity index (χ0n) is 15.5. The molecule has 0 aliphatic carbocycles. The average molecular weight is 427 g/mol. The molecule has 0 radical (unpaired) electrons. The van der Waals surface area contributed by atoms with Crippen molar-refractivity contribution in [1.82, 2.24) is 4.72 Å². The van der Waals surface area contributed by atoms with E-state index in [1.165, 1.54) is 43.5 Å². The van der Waals surface area contributed by atoms with Crippen LogP contribution < -0.4 is 14.8 Å². The summed E-state index contributed by atoms with van der Waals surface area (Å²) in [5, 5.41) is 2.59. The van der Waals surface area contributed by atoms with Crippen LogP contribution >= 0.6 is 11.6 Å². The number of rotatable bonds is 7. The molecule has 0 unspecified atom stereocenters. The summed E-state index contributed by atoms with van der Waals surface area (Å²) >= 11 is 5.87. The number of benzene rings is 2. The van der Waals surface area contributed by atoms with Crippen molar-refractivity contribution in [3.05, 3.63) is 58.9 Å². The van der Waals surface area contributed by atoms with Gasteiger partial charge in [0, 0.05) is 12.1 Å². The van der Waals surface area contributed by atoms with E-state index in [1.54, 1.807) is 19.9 Å². The van der Waals surface area contributed by atoms with Gasteiger partial charge in [-0.05, 0) is 55.8 Å². The Bertz CT molecular complexity index is 1010. The maximum Gasteiger partial charge on any atom is 0.248 e. The molecule has 0 spiro atoms. The van der Waals surface area contributed by atoms with Crippen LogP contribution in [0.25, 0.3) is 6.08 Å². The number of hydrogen-bond donors (Lipinski definition) is 2. The van der Waals surface area contributed by atoms with Crippen molar-refractivity contribution in [2.24, 2.45) is 0 Å². The standard InChI is InChI=1S/C19H20ClFN2O4S/c1-12(2)23-28(25,26)18-10-13(4-8-17(18)27-3)5-9-19(24)22-16-7-6-14(21)11-15(16)20/h4-12,23H,1-3H3,(H,22,24). The van der Waals surface area contributed by atoms with E-state index in [0.717, 1.165) is 6.07 Å². The Morgan fingerprint density at radius 2 is 1.93 bits per heavy atom. The van der Waals surface area contributed by atoms with Gasteiger partial charge in [0.25, 0.3) is 0 Å². The third-order valence-corrected chi connectivity index (χ3v) is 5.48. The largest absolute Gasteiger partial charge is 0.495 e. The predicted octanol–water partition coefficient (Wildman–Crippen LogP) is 3.83. The summed E-state index contributed by atoms with van der Waals surface area (Å²) in [6, 6.07) is 7.83. The smallest absolute Gasteiger partial charge is 0.248 e. The summed E-state index contributed by atoms with van der Waals surface area (Å²) in [6.45, 7) is 3.41. The molecule has 2 aromatic carbocycles. The van der Waals surface area contributed by atoms with Crippen LogP contribution in [-0.4, -0.2) is 27.5 Å². The molecular weight excluding hydrogens is 407 g/mol. The van der Waals surface area contributed by atoms with Crippen LogP contribution in [0.5, 0.6) is 5.75 Å². The Morgan fingerprint density at radius 3 is 2.54 bits per heavy atom. The highest BCUT2D eigenvalue weighted by Crippen LogP contribution is 2.26. The molecule has 0 atom stereocenters. The lowest BCUT2D eigenvalue weighted by molar-refractivity contribution is -0.111. The van der Waals surface area contributed by atoms with Crippen molar-refractivity contribution in [3.8, 4) is 5.75 Å². The highest BCUT2D eigenvalue weighted by molar-refractivity contribution is 7.89. The van der Waals surface area contributed by atoms with Gasteiger partial charge in [0.2, 0.25) is 15.9 Å². The molecular formula is C19H20ClFN2O4S. The molecule has 0 saturated carbocycles. The van der Waals surface area contributed by atoms with Crippen LogP contribution in [0.4, 0.5) is 10.1 Å². The maximum absolute atomic E-state index is 13.1. The van der Waals surface area contributed by atoms with Crippen LogP contribution in [0, 0.1) is 5.82 Å². The van der Waals surface area contributed by atoms with Crippen molar-refractivity contribution in [2.45, 2.75) is 24.8 Å². The first-order chi connectivity index (χ1) is 13.1. The van der Waals surface area contributed by atoms with E-state index in [0.29, 0.717) is 5.56 Å². The number of carbonyl (C=O) groups excluding carboxylic acids is 1. The lowest BCUT2D eigenvalue weighted by Crippen LogP contribution is -2.30. The Morgan fingerprint density at radius 1 is 1.21 bits per heavy atom. The summed E-state index contributed by atoms with van der Waals surface area (Å²) in [5.74, 6) is -0.831. The fraction of sp³-hybridized carbons (Fsp3) is 0.211. The molecule has 28 heavy (non-hydrogen) atoms. The van der Waals surface area contributed by atoms with Crippen molar-refractivity contribution in [2.75, 3.05) is 12.4 Å². The molecule has 2 rings (SSSR count). The highest BCUT2D eigenvalue weighted by Gasteiger charge is 2.20.